The Hall–Kier alpha value is -1.93. The Morgan fingerprint density at radius 3 is 2.94 bits per heavy atom. The van der Waals surface area contributed by atoms with E-state index in [-0.39, 0.29) is 5.82 Å². The number of nitriles is 1. The fourth-order valence-corrected chi connectivity index (χ4v) is 1.73. The van der Waals surface area contributed by atoms with Crippen molar-refractivity contribution >= 4 is 21.6 Å². The first-order valence-corrected chi connectivity index (χ1v) is 6.03. The lowest BCUT2D eigenvalue weighted by molar-refractivity contribution is 0.621. The predicted octanol–water partition coefficient (Wildman–Crippen LogP) is 3.47. The monoisotopic (exact) mass is 305 g/mol. The molecule has 0 spiro atoms. The van der Waals surface area contributed by atoms with Crippen LogP contribution in [-0.4, -0.2) is 4.98 Å². The maximum atomic E-state index is 13.3. The van der Waals surface area contributed by atoms with Gasteiger partial charge >= 0.3 is 0 Å². The van der Waals surface area contributed by atoms with Crippen molar-refractivity contribution < 1.29 is 4.39 Å². The zero-order chi connectivity index (χ0) is 13.0. The third-order valence-corrected chi connectivity index (χ3v) is 3.04. The first-order chi connectivity index (χ1) is 8.70. The van der Waals surface area contributed by atoms with Crippen LogP contribution < -0.4 is 5.32 Å². The van der Waals surface area contributed by atoms with E-state index < -0.39 is 0 Å². The summed E-state index contributed by atoms with van der Waals surface area (Å²) in [6, 6.07) is 10.4. The Kier molecular flexibility index (Phi) is 3.90. The Labute approximate surface area is 112 Å². The van der Waals surface area contributed by atoms with E-state index in [1.807, 2.05) is 12.1 Å². The SMILES string of the molecule is N#Cc1ncccc1CNc1ccc(Br)c(F)c1. The Balaban J connectivity index is 2.12. The van der Waals surface area contributed by atoms with Crippen LogP contribution in [0.15, 0.2) is 41.0 Å². The maximum Gasteiger partial charge on any atom is 0.145 e. The van der Waals surface area contributed by atoms with Crippen LogP contribution in [0, 0.1) is 17.1 Å². The topological polar surface area (TPSA) is 48.7 Å². The number of aromatic nitrogens is 1. The van der Waals surface area contributed by atoms with Crippen LogP contribution in [0.4, 0.5) is 10.1 Å². The van der Waals surface area contributed by atoms with Crippen molar-refractivity contribution in [2.75, 3.05) is 5.32 Å². The molecule has 0 amide bonds. The molecular formula is C13H9BrFN3. The number of hydrogen-bond acceptors (Lipinski definition) is 3. The molecule has 0 saturated heterocycles. The van der Waals surface area contributed by atoms with Crippen LogP contribution in [0.5, 0.6) is 0 Å². The highest BCUT2D eigenvalue weighted by molar-refractivity contribution is 9.10. The van der Waals surface area contributed by atoms with Gasteiger partial charge in [-0.15, -0.1) is 0 Å². The molecule has 1 aromatic heterocycles. The van der Waals surface area contributed by atoms with Crippen LogP contribution in [0.3, 0.4) is 0 Å². The molecule has 0 aliphatic carbocycles. The lowest BCUT2D eigenvalue weighted by Crippen LogP contribution is -2.03. The number of halogens is 2. The highest BCUT2D eigenvalue weighted by Crippen LogP contribution is 2.20. The van der Waals surface area contributed by atoms with Gasteiger partial charge in [-0.3, -0.25) is 0 Å². The van der Waals surface area contributed by atoms with Gasteiger partial charge in [0.05, 0.1) is 4.47 Å². The summed E-state index contributed by atoms with van der Waals surface area (Å²) in [5, 5.41) is 11.9. The summed E-state index contributed by atoms with van der Waals surface area (Å²) in [6.07, 6.45) is 1.57. The number of rotatable bonds is 3. The van der Waals surface area contributed by atoms with Gasteiger partial charge in [0.15, 0.2) is 0 Å². The molecule has 1 N–H and O–H groups in total. The van der Waals surface area contributed by atoms with E-state index in [9.17, 15) is 4.39 Å². The van der Waals surface area contributed by atoms with E-state index in [0.717, 1.165) is 5.56 Å². The van der Waals surface area contributed by atoms with E-state index in [4.69, 9.17) is 5.26 Å². The lowest BCUT2D eigenvalue weighted by atomic mass is 10.2. The standard InChI is InChI=1S/C13H9BrFN3/c14-11-4-3-10(6-12(11)15)18-8-9-2-1-5-17-13(9)7-16/h1-6,18H,8H2. The third kappa shape index (κ3) is 2.84. The molecule has 0 fully saturated rings. The van der Waals surface area contributed by atoms with Gasteiger partial charge in [0.1, 0.15) is 17.6 Å². The largest absolute Gasteiger partial charge is 0.381 e. The van der Waals surface area contributed by atoms with Crippen LogP contribution in [-0.2, 0) is 6.54 Å². The molecule has 0 bridgehead atoms. The molecule has 90 valence electrons. The van der Waals surface area contributed by atoms with Gasteiger partial charge in [0, 0.05) is 24.0 Å². The summed E-state index contributed by atoms with van der Waals surface area (Å²) in [4.78, 5) is 3.96. The molecule has 0 unspecified atom stereocenters. The third-order valence-electron chi connectivity index (χ3n) is 2.40. The molecule has 18 heavy (non-hydrogen) atoms. The van der Waals surface area contributed by atoms with E-state index in [1.165, 1.54) is 6.07 Å². The Morgan fingerprint density at radius 2 is 2.22 bits per heavy atom. The van der Waals surface area contributed by atoms with E-state index in [0.29, 0.717) is 22.4 Å². The molecule has 2 rings (SSSR count). The molecule has 0 atom stereocenters. The molecule has 5 heteroatoms. The maximum absolute atomic E-state index is 13.3. The summed E-state index contributed by atoms with van der Waals surface area (Å²) in [5.74, 6) is -0.327. The molecule has 0 saturated carbocycles. The van der Waals surface area contributed by atoms with Crippen molar-refractivity contribution in [1.29, 1.82) is 5.26 Å². The number of nitrogens with zero attached hydrogens (tertiary/aromatic N) is 2. The minimum atomic E-state index is -0.327. The van der Waals surface area contributed by atoms with E-state index in [2.05, 4.69) is 26.2 Å². The Morgan fingerprint density at radius 1 is 1.39 bits per heavy atom. The van der Waals surface area contributed by atoms with E-state index in [1.54, 1.807) is 24.4 Å². The van der Waals surface area contributed by atoms with Crippen LogP contribution in [0.25, 0.3) is 0 Å². The molecule has 3 nitrogen and oxygen atoms in total. The number of benzene rings is 1. The minimum Gasteiger partial charge on any atom is -0.381 e. The molecule has 0 aliphatic rings. The number of anilines is 1. The van der Waals surface area contributed by atoms with Crippen molar-refractivity contribution in [3.05, 3.63) is 58.1 Å². The summed E-state index contributed by atoms with van der Waals surface area (Å²) < 4.78 is 13.7. The lowest BCUT2D eigenvalue weighted by Gasteiger charge is -2.07. The molecule has 1 heterocycles. The van der Waals surface area contributed by atoms with Gasteiger partial charge in [-0.2, -0.15) is 5.26 Å². The van der Waals surface area contributed by atoms with Crippen LogP contribution in [0.2, 0.25) is 0 Å². The second kappa shape index (κ2) is 5.61. The average Bonchev–Trinajstić information content (AvgIpc) is 2.40. The summed E-state index contributed by atoms with van der Waals surface area (Å²) in [7, 11) is 0. The van der Waals surface area contributed by atoms with Gasteiger partial charge in [-0.1, -0.05) is 6.07 Å². The van der Waals surface area contributed by atoms with Gasteiger partial charge in [0.2, 0.25) is 0 Å². The van der Waals surface area contributed by atoms with E-state index >= 15 is 0 Å². The molecule has 0 aliphatic heterocycles. The first-order valence-electron chi connectivity index (χ1n) is 5.23. The van der Waals surface area contributed by atoms with Crippen molar-refractivity contribution in [2.45, 2.75) is 6.54 Å². The predicted molar refractivity (Wildman–Crippen MR) is 70.4 cm³/mol. The minimum absolute atomic E-state index is 0.327. The fourth-order valence-electron chi connectivity index (χ4n) is 1.49. The number of nitrogens with one attached hydrogen (secondary N) is 1. The molecule has 1 aromatic carbocycles. The zero-order valence-corrected chi connectivity index (χ0v) is 10.9. The quantitative estimate of drug-likeness (QED) is 0.944. The van der Waals surface area contributed by atoms with Crippen molar-refractivity contribution in [1.82, 2.24) is 4.98 Å². The molecule has 2 aromatic rings. The normalized spacial score (nSPS) is 9.83. The highest BCUT2D eigenvalue weighted by Gasteiger charge is 2.03. The molecule has 0 radical (unpaired) electrons. The van der Waals surface area contributed by atoms with Crippen molar-refractivity contribution in [2.24, 2.45) is 0 Å². The second-order valence-electron chi connectivity index (χ2n) is 3.61. The second-order valence-corrected chi connectivity index (χ2v) is 4.46. The average molecular weight is 306 g/mol. The van der Waals surface area contributed by atoms with Gasteiger partial charge < -0.3 is 5.32 Å². The van der Waals surface area contributed by atoms with Gasteiger partial charge in [0.25, 0.3) is 0 Å². The van der Waals surface area contributed by atoms with Gasteiger partial charge in [-0.25, -0.2) is 9.37 Å². The highest BCUT2D eigenvalue weighted by atomic mass is 79.9. The summed E-state index contributed by atoms with van der Waals surface area (Å²) >= 11 is 3.09. The smallest absolute Gasteiger partial charge is 0.145 e. The van der Waals surface area contributed by atoms with Crippen LogP contribution in [0.1, 0.15) is 11.3 Å². The van der Waals surface area contributed by atoms with Crippen molar-refractivity contribution in [3.63, 3.8) is 0 Å². The fraction of sp³-hybridized carbons (Fsp3) is 0.0769. The summed E-state index contributed by atoms with van der Waals surface area (Å²) in [5.41, 5.74) is 1.81. The van der Waals surface area contributed by atoms with Crippen LogP contribution >= 0.6 is 15.9 Å². The number of pyridine rings is 1. The zero-order valence-electron chi connectivity index (χ0n) is 9.32. The number of hydrogen-bond donors (Lipinski definition) is 1. The summed E-state index contributed by atoms with van der Waals surface area (Å²) in [6.45, 7) is 0.428. The van der Waals surface area contributed by atoms with Gasteiger partial charge in [-0.05, 0) is 40.2 Å². The van der Waals surface area contributed by atoms with Crippen molar-refractivity contribution in [3.8, 4) is 6.07 Å². The first kappa shape index (κ1) is 12.5. The Bertz CT molecular complexity index is 607. The molecular weight excluding hydrogens is 297 g/mol.